The van der Waals surface area contributed by atoms with Gasteiger partial charge < -0.3 is 9.84 Å². The summed E-state index contributed by atoms with van der Waals surface area (Å²) in [4.78, 5) is 8.51. The van der Waals surface area contributed by atoms with Gasteiger partial charge in [0.15, 0.2) is 0 Å². The fourth-order valence-electron chi connectivity index (χ4n) is 1.40. The average Bonchev–Trinajstić information content (AvgIpc) is 2.79. The van der Waals surface area contributed by atoms with Crippen molar-refractivity contribution in [1.82, 2.24) is 15.1 Å². The van der Waals surface area contributed by atoms with Crippen molar-refractivity contribution in [2.75, 3.05) is 5.32 Å². The molecular formula is C11H13ClN4O. The van der Waals surface area contributed by atoms with Crippen molar-refractivity contribution < 1.29 is 4.52 Å². The van der Waals surface area contributed by atoms with Crippen molar-refractivity contribution in [3.63, 3.8) is 0 Å². The van der Waals surface area contributed by atoms with E-state index >= 15 is 0 Å². The second-order valence-corrected chi connectivity index (χ2v) is 3.97. The number of halogens is 1. The molecule has 0 amide bonds. The quantitative estimate of drug-likeness (QED) is 0.829. The van der Waals surface area contributed by atoms with Crippen LogP contribution < -0.4 is 5.32 Å². The minimum atomic E-state index is 0.450. The van der Waals surface area contributed by atoms with Crippen molar-refractivity contribution in [3.05, 3.63) is 35.1 Å². The molecule has 0 aliphatic carbocycles. The Bertz CT molecular complexity index is 472. The monoisotopic (exact) mass is 252 g/mol. The highest BCUT2D eigenvalue weighted by molar-refractivity contribution is 6.29. The highest BCUT2D eigenvalue weighted by atomic mass is 35.5. The molecular weight excluding hydrogens is 240 g/mol. The maximum absolute atomic E-state index is 5.92. The first-order valence-electron chi connectivity index (χ1n) is 5.44. The molecule has 0 spiro atoms. The second-order valence-electron chi connectivity index (χ2n) is 3.59. The summed E-state index contributed by atoms with van der Waals surface area (Å²) in [6.07, 6.45) is 3.34. The largest absolute Gasteiger partial charge is 0.364 e. The predicted molar refractivity (Wildman–Crippen MR) is 64.9 cm³/mol. The molecule has 2 rings (SSSR count). The fraction of sp³-hybridized carbons (Fsp3) is 0.364. The lowest BCUT2D eigenvalue weighted by Crippen LogP contribution is -2.04. The second kappa shape index (κ2) is 5.63. The molecule has 90 valence electrons. The molecule has 17 heavy (non-hydrogen) atoms. The summed E-state index contributed by atoms with van der Waals surface area (Å²) in [6, 6.07) is 3.49. The number of hydrogen-bond acceptors (Lipinski definition) is 5. The van der Waals surface area contributed by atoms with Gasteiger partial charge in [-0.25, -0.2) is 9.97 Å². The third-order valence-electron chi connectivity index (χ3n) is 2.16. The Morgan fingerprint density at radius 2 is 2.29 bits per heavy atom. The smallest absolute Gasteiger partial charge is 0.134 e. The van der Waals surface area contributed by atoms with E-state index in [1.807, 2.05) is 0 Å². The molecule has 1 N–H and O–H groups in total. The molecule has 0 aliphatic rings. The first-order chi connectivity index (χ1) is 8.28. The summed E-state index contributed by atoms with van der Waals surface area (Å²) >= 11 is 5.92. The lowest BCUT2D eigenvalue weighted by Gasteiger charge is -2.05. The molecule has 2 aromatic heterocycles. The molecule has 0 aliphatic heterocycles. The number of nitrogens with one attached hydrogen (secondary N) is 1. The summed E-state index contributed by atoms with van der Waals surface area (Å²) in [5.41, 5.74) is 0.816. The molecule has 0 saturated carbocycles. The van der Waals surface area contributed by atoms with Crippen molar-refractivity contribution in [2.45, 2.75) is 26.3 Å². The zero-order valence-corrected chi connectivity index (χ0v) is 10.2. The van der Waals surface area contributed by atoms with Crippen molar-refractivity contribution in [1.29, 1.82) is 0 Å². The third-order valence-corrected chi connectivity index (χ3v) is 2.35. The lowest BCUT2D eigenvalue weighted by atomic mass is 10.3. The number of aromatic nitrogens is 3. The van der Waals surface area contributed by atoms with Crippen LogP contribution in [0.4, 0.5) is 5.82 Å². The maximum Gasteiger partial charge on any atom is 0.134 e. The highest BCUT2D eigenvalue weighted by Gasteiger charge is 2.03. The van der Waals surface area contributed by atoms with Gasteiger partial charge in [0.05, 0.1) is 6.54 Å². The van der Waals surface area contributed by atoms with Crippen LogP contribution in [0.2, 0.25) is 5.15 Å². The SMILES string of the molecule is CCCc1nc(Cl)cc(NCc2ccon2)n1. The average molecular weight is 253 g/mol. The summed E-state index contributed by atoms with van der Waals surface area (Å²) < 4.78 is 4.74. The first kappa shape index (κ1) is 11.9. The van der Waals surface area contributed by atoms with Gasteiger partial charge in [-0.05, 0) is 6.42 Å². The van der Waals surface area contributed by atoms with Gasteiger partial charge in [0.1, 0.15) is 28.8 Å². The van der Waals surface area contributed by atoms with Crippen LogP contribution in [0.25, 0.3) is 0 Å². The van der Waals surface area contributed by atoms with E-state index in [1.54, 1.807) is 12.1 Å². The van der Waals surface area contributed by atoms with Gasteiger partial charge in [-0.15, -0.1) is 0 Å². The van der Waals surface area contributed by atoms with Crippen LogP contribution in [0.5, 0.6) is 0 Å². The molecule has 0 fully saturated rings. The van der Waals surface area contributed by atoms with Gasteiger partial charge in [0.2, 0.25) is 0 Å². The molecule has 0 unspecified atom stereocenters. The van der Waals surface area contributed by atoms with Crippen molar-refractivity contribution in [3.8, 4) is 0 Å². The van der Waals surface area contributed by atoms with E-state index < -0.39 is 0 Å². The van der Waals surface area contributed by atoms with Gasteiger partial charge in [-0.1, -0.05) is 23.7 Å². The fourth-order valence-corrected chi connectivity index (χ4v) is 1.60. The normalized spacial score (nSPS) is 10.5. The van der Waals surface area contributed by atoms with Gasteiger partial charge in [-0.2, -0.15) is 0 Å². The zero-order valence-electron chi connectivity index (χ0n) is 9.48. The molecule has 6 heteroatoms. The Morgan fingerprint density at radius 3 is 3.00 bits per heavy atom. The van der Waals surface area contributed by atoms with Gasteiger partial charge >= 0.3 is 0 Å². The molecule has 2 aromatic rings. The van der Waals surface area contributed by atoms with Crippen LogP contribution in [0.1, 0.15) is 24.9 Å². The molecule has 5 nitrogen and oxygen atoms in total. The van der Waals surface area contributed by atoms with Crippen LogP contribution in [0.3, 0.4) is 0 Å². The molecule has 0 aromatic carbocycles. The van der Waals surface area contributed by atoms with E-state index in [0.717, 1.165) is 24.4 Å². The predicted octanol–water partition coefficient (Wildman–Crippen LogP) is 2.68. The van der Waals surface area contributed by atoms with Crippen LogP contribution in [-0.2, 0) is 13.0 Å². The summed E-state index contributed by atoms with van der Waals surface area (Å²) in [6.45, 7) is 2.63. The summed E-state index contributed by atoms with van der Waals surface area (Å²) in [7, 11) is 0. The summed E-state index contributed by atoms with van der Waals surface area (Å²) in [5.74, 6) is 1.46. The van der Waals surface area contributed by atoms with E-state index in [-0.39, 0.29) is 0 Å². The Labute approximate surface area is 104 Å². The van der Waals surface area contributed by atoms with Crippen LogP contribution in [0.15, 0.2) is 22.9 Å². The molecule has 2 heterocycles. The Hall–Kier alpha value is -1.62. The third kappa shape index (κ3) is 3.42. The van der Waals surface area contributed by atoms with Crippen LogP contribution >= 0.6 is 11.6 Å². The van der Waals surface area contributed by atoms with E-state index in [4.69, 9.17) is 16.1 Å². The van der Waals surface area contributed by atoms with Crippen molar-refractivity contribution in [2.24, 2.45) is 0 Å². The zero-order chi connectivity index (χ0) is 12.1. The Kier molecular flexibility index (Phi) is 3.93. The van der Waals surface area contributed by atoms with E-state index in [0.29, 0.717) is 17.5 Å². The topological polar surface area (TPSA) is 63.8 Å². The first-order valence-corrected chi connectivity index (χ1v) is 5.82. The number of aryl methyl sites for hydroxylation is 1. The Morgan fingerprint density at radius 1 is 1.41 bits per heavy atom. The standard InChI is InChI=1S/C11H13ClN4O/c1-2-3-10-14-9(12)6-11(15-10)13-7-8-4-5-17-16-8/h4-6H,2-3,7H2,1H3,(H,13,14,15). The van der Waals surface area contributed by atoms with E-state index in [1.165, 1.54) is 6.26 Å². The molecule has 0 bridgehead atoms. The van der Waals surface area contributed by atoms with Crippen LogP contribution in [-0.4, -0.2) is 15.1 Å². The Balaban J connectivity index is 2.04. The minimum absolute atomic E-state index is 0.450. The number of nitrogens with zero attached hydrogens (tertiary/aromatic N) is 3. The lowest BCUT2D eigenvalue weighted by molar-refractivity contribution is 0.412. The highest BCUT2D eigenvalue weighted by Crippen LogP contribution is 2.13. The van der Waals surface area contributed by atoms with Gasteiger partial charge in [0, 0.05) is 18.6 Å². The van der Waals surface area contributed by atoms with Gasteiger partial charge in [0.25, 0.3) is 0 Å². The van der Waals surface area contributed by atoms with Crippen LogP contribution in [0, 0.1) is 0 Å². The van der Waals surface area contributed by atoms with Gasteiger partial charge in [-0.3, -0.25) is 0 Å². The van der Waals surface area contributed by atoms with Crippen molar-refractivity contribution >= 4 is 17.4 Å². The number of rotatable bonds is 5. The number of anilines is 1. The molecule has 0 saturated heterocycles. The number of hydrogen-bond donors (Lipinski definition) is 1. The molecule has 0 atom stereocenters. The van der Waals surface area contributed by atoms with E-state index in [9.17, 15) is 0 Å². The van der Waals surface area contributed by atoms with E-state index in [2.05, 4.69) is 27.4 Å². The molecule has 0 radical (unpaired) electrons. The maximum atomic E-state index is 5.92. The summed E-state index contributed by atoms with van der Waals surface area (Å²) in [5, 5.41) is 7.38. The minimum Gasteiger partial charge on any atom is -0.364 e.